The number of hydrogen-bond acceptors (Lipinski definition) is 7. The summed E-state index contributed by atoms with van der Waals surface area (Å²) in [5, 5.41) is 9.18. The Labute approximate surface area is 352 Å². The van der Waals surface area contributed by atoms with Gasteiger partial charge in [-0.2, -0.15) is 0 Å². The molecule has 2 atom stereocenters. The highest BCUT2D eigenvalue weighted by Gasteiger charge is 2.27. The molecule has 0 aliphatic heterocycles. The molecule has 6 rings (SSSR count). The van der Waals surface area contributed by atoms with Crippen LogP contribution in [0.2, 0.25) is 0 Å². The molecule has 8 heteroatoms. The molecule has 6 aromatic carbocycles. The van der Waals surface area contributed by atoms with E-state index >= 15 is 0 Å². The van der Waals surface area contributed by atoms with Crippen LogP contribution in [0.1, 0.15) is 55.9 Å². The van der Waals surface area contributed by atoms with Gasteiger partial charge in [0.2, 0.25) is 0 Å². The predicted octanol–water partition coefficient (Wildman–Crippen LogP) is 10.7. The fourth-order valence-electron chi connectivity index (χ4n) is 6.46. The largest absolute Gasteiger partial charge is 0.481 e. The Bertz CT molecular complexity index is 2230. The van der Waals surface area contributed by atoms with Crippen LogP contribution < -0.4 is 0 Å². The van der Waals surface area contributed by atoms with Crippen LogP contribution in [0.3, 0.4) is 0 Å². The normalized spacial score (nSPS) is 11.8. The Morgan fingerprint density at radius 2 is 0.783 bits per heavy atom. The average Bonchev–Trinajstić information content (AvgIpc) is 3.25. The van der Waals surface area contributed by atoms with Gasteiger partial charge in [-0.05, 0) is 78.1 Å². The van der Waals surface area contributed by atoms with Crippen molar-refractivity contribution in [3.63, 3.8) is 0 Å². The highest BCUT2D eigenvalue weighted by molar-refractivity contribution is 5.81. The van der Waals surface area contributed by atoms with E-state index in [1.54, 1.807) is 0 Å². The van der Waals surface area contributed by atoms with E-state index in [0.29, 0.717) is 12.8 Å². The zero-order valence-electron chi connectivity index (χ0n) is 34.4. The SMILES string of the molecule is CC(C)(C)OC(=O)CC(Cc1ccc(-c2ccccc2)cc1)C(=O)OCc1ccccc1.O=C(O)CC(Cc1ccc(-c2ccccc2)cc1)C(=O)OCc1ccccc1. The highest BCUT2D eigenvalue weighted by atomic mass is 16.6. The molecule has 0 radical (unpaired) electrons. The molecule has 0 aromatic heterocycles. The van der Waals surface area contributed by atoms with E-state index in [0.717, 1.165) is 44.5 Å². The van der Waals surface area contributed by atoms with E-state index in [1.807, 2.05) is 178 Å². The summed E-state index contributed by atoms with van der Waals surface area (Å²) in [7, 11) is 0. The van der Waals surface area contributed by atoms with Gasteiger partial charge in [0.15, 0.2) is 0 Å². The fraction of sp³-hybridized carbons (Fsp3) is 0.231. The second kappa shape index (κ2) is 22.4. The van der Waals surface area contributed by atoms with Crippen LogP contribution in [0, 0.1) is 11.8 Å². The van der Waals surface area contributed by atoms with Gasteiger partial charge in [-0.3, -0.25) is 19.2 Å². The van der Waals surface area contributed by atoms with Crippen molar-refractivity contribution in [2.75, 3.05) is 0 Å². The number of rotatable bonds is 16. The minimum Gasteiger partial charge on any atom is -0.481 e. The summed E-state index contributed by atoms with van der Waals surface area (Å²) in [5.41, 5.74) is 7.46. The van der Waals surface area contributed by atoms with E-state index in [9.17, 15) is 24.3 Å². The molecule has 6 aromatic rings. The fourth-order valence-corrected chi connectivity index (χ4v) is 6.46. The first-order valence-electron chi connectivity index (χ1n) is 20.1. The van der Waals surface area contributed by atoms with Crippen molar-refractivity contribution in [3.8, 4) is 22.3 Å². The molecule has 0 heterocycles. The molecule has 2 unspecified atom stereocenters. The molecule has 0 saturated carbocycles. The maximum atomic E-state index is 12.9. The number of carbonyl (C=O) groups is 4. The third-order valence-corrected chi connectivity index (χ3v) is 9.45. The van der Waals surface area contributed by atoms with E-state index in [4.69, 9.17) is 14.2 Å². The van der Waals surface area contributed by atoms with Crippen molar-refractivity contribution in [1.82, 2.24) is 0 Å². The average molecular weight is 805 g/mol. The van der Waals surface area contributed by atoms with E-state index in [1.165, 1.54) is 0 Å². The second-order valence-electron chi connectivity index (χ2n) is 15.5. The number of carbonyl (C=O) groups excluding carboxylic acids is 3. The standard InChI is InChI=1S/C28H30O4.C24H22O4/c1-28(2,3)32-26(29)19-25(27(30)31-20-22-10-6-4-7-11-22)18-21-14-16-24(17-15-21)23-12-8-5-9-13-23;25-23(26)16-22(24(27)28-17-19-7-3-1-4-8-19)15-18-11-13-21(14-12-18)20-9-5-2-6-10-20/h4-17,25H,18-20H2,1-3H3;1-14,22H,15-17H2,(H,25,26). The first-order valence-corrected chi connectivity index (χ1v) is 20.1. The molecular weight excluding hydrogens is 753 g/mol. The van der Waals surface area contributed by atoms with Crippen molar-refractivity contribution >= 4 is 23.9 Å². The summed E-state index contributed by atoms with van der Waals surface area (Å²) in [4.78, 5) is 49.0. The first kappa shape index (κ1) is 44.3. The van der Waals surface area contributed by atoms with Crippen molar-refractivity contribution in [1.29, 1.82) is 0 Å². The molecule has 60 heavy (non-hydrogen) atoms. The minimum absolute atomic E-state index is 0.0225. The topological polar surface area (TPSA) is 116 Å². The van der Waals surface area contributed by atoms with Crippen LogP contribution in [0.4, 0.5) is 0 Å². The van der Waals surface area contributed by atoms with E-state index in [2.05, 4.69) is 12.1 Å². The Balaban J connectivity index is 0.000000230. The van der Waals surface area contributed by atoms with Crippen molar-refractivity contribution in [3.05, 3.63) is 192 Å². The Hall–Kier alpha value is -6.80. The molecule has 308 valence electrons. The predicted molar refractivity (Wildman–Crippen MR) is 233 cm³/mol. The molecule has 0 spiro atoms. The van der Waals surface area contributed by atoms with Crippen LogP contribution >= 0.6 is 0 Å². The lowest BCUT2D eigenvalue weighted by Gasteiger charge is -2.22. The number of carboxylic acids is 1. The van der Waals surface area contributed by atoms with Crippen LogP contribution in [0.5, 0.6) is 0 Å². The van der Waals surface area contributed by atoms with Crippen LogP contribution in [0.25, 0.3) is 22.3 Å². The molecule has 0 fully saturated rings. The van der Waals surface area contributed by atoms with E-state index < -0.39 is 41.3 Å². The second-order valence-corrected chi connectivity index (χ2v) is 15.5. The summed E-state index contributed by atoms with van der Waals surface area (Å²) in [6.07, 6.45) is 0.455. The number of esters is 3. The van der Waals surface area contributed by atoms with Crippen molar-refractivity contribution in [2.45, 2.75) is 65.3 Å². The third kappa shape index (κ3) is 15.2. The smallest absolute Gasteiger partial charge is 0.310 e. The summed E-state index contributed by atoms with van der Waals surface area (Å²) < 4.78 is 16.3. The monoisotopic (exact) mass is 804 g/mol. The number of carboxylic acid groups (broad SMARTS) is 1. The van der Waals surface area contributed by atoms with Gasteiger partial charge in [0.1, 0.15) is 18.8 Å². The lowest BCUT2D eigenvalue weighted by Crippen LogP contribution is -2.29. The summed E-state index contributed by atoms with van der Waals surface area (Å²) in [6, 6.07) is 54.8. The Kier molecular flexibility index (Phi) is 16.5. The lowest BCUT2D eigenvalue weighted by atomic mass is 9.94. The van der Waals surface area contributed by atoms with Crippen LogP contribution in [-0.2, 0) is 59.4 Å². The first-order chi connectivity index (χ1) is 28.9. The van der Waals surface area contributed by atoms with Crippen molar-refractivity contribution in [2.24, 2.45) is 11.8 Å². The van der Waals surface area contributed by atoms with Gasteiger partial charge in [-0.25, -0.2) is 0 Å². The summed E-state index contributed by atoms with van der Waals surface area (Å²) in [5.74, 6) is -3.63. The molecular formula is C52H52O8. The molecule has 8 nitrogen and oxygen atoms in total. The molecule has 0 saturated heterocycles. The van der Waals surface area contributed by atoms with Crippen molar-refractivity contribution < 1.29 is 38.5 Å². The van der Waals surface area contributed by atoms with Gasteiger partial charge in [0.05, 0.1) is 24.7 Å². The zero-order valence-corrected chi connectivity index (χ0v) is 34.4. The molecule has 0 aliphatic rings. The number of hydrogen-bond donors (Lipinski definition) is 1. The van der Waals surface area contributed by atoms with Gasteiger partial charge in [-0.15, -0.1) is 0 Å². The molecule has 0 aliphatic carbocycles. The number of aliphatic carboxylic acids is 1. The van der Waals surface area contributed by atoms with E-state index in [-0.39, 0.29) is 26.1 Å². The summed E-state index contributed by atoms with van der Waals surface area (Å²) >= 11 is 0. The van der Waals surface area contributed by atoms with Gasteiger partial charge in [0, 0.05) is 0 Å². The van der Waals surface area contributed by atoms with Crippen LogP contribution in [-0.4, -0.2) is 34.6 Å². The Morgan fingerprint density at radius 1 is 0.450 bits per heavy atom. The zero-order chi connectivity index (χ0) is 42.7. The van der Waals surface area contributed by atoms with Gasteiger partial charge >= 0.3 is 23.9 Å². The maximum absolute atomic E-state index is 12.9. The number of ether oxygens (including phenoxy) is 3. The summed E-state index contributed by atoms with van der Waals surface area (Å²) in [6.45, 7) is 5.77. The molecule has 0 amide bonds. The maximum Gasteiger partial charge on any atom is 0.310 e. The number of benzene rings is 6. The quantitative estimate of drug-likeness (QED) is 0.0759. The third-order valence-electron chi connectivity index (χ3n) is 9.45. The molecule has 0 bridgehead atoms. The van der Waals surface area contributed by atoms with Gasteiger partial charge in [0.25, 0.3) is 0 Å². The van der Waals surface area contributed by atoms with Gasteiger partial charge in [-0.1, -0.05) is 170 Å². The lowest BCUT2D eigenvalue weighted by molar-refractivity contribution is -0.162. The van der Waals surface area contributed by atoms with Crippen LogP contribution in [0.15, 0.2) is 170 Å². The molecule has 1 N–H and O–H groups in total. The Morgan fingerprint density at radius 3 is 1.13 bits per heavy atom. The minimum atomic E-state index is -1.01. The van der Waals surface area contributed by atoms with Gasteiger partial charge < -0.3 is 19.3 Å². The highest BCUT2D eigenvalue weighted by Crippen LogP contribution is 2.24.